The van der Waals surface area contributed by atoms with Gasteiger partial charge in [0.2, 0.25) is 0 Å². The van der Waals surface area contributed by atoms with Crippen molar-refractivity contribution in [3.05, 3.63) is 24.3 Å². The third-order valence-electron chi connectivity index (χ3n) is 3.71. The second-order valence-corrected chi connectivity index (χ2v) is 6.65. The van der Waals surface area contributed by atoms with Crippen LogP contribution < -0.4 is 5.46 Å². The highest BCUT2D eigenvalue weighted by atomic mass is 32.2. The molecule has 0 saturated carbocycles. The highest BCUT2D eigenvalue weighted by Gasteiger charge is 2.51. The summed E-state index contributed by atoms with van der Waals surface area (Å²) in [6.45, 7) is 8.18. The first-order chi connectivity index (χ1) is 8.86. The minimum Gasteiger partial charge on any atom is -0.399 e. The Hall–Kier alpha value is -0.955. The maximum Gasteiger partial charge on any atom is 0.494 e. The largest absolute Gasteiger partial charge is 0.494 e. The molecule has 0 bridgehead atoms. The van der Waals surface area contributed by atoms with E-state index in [0.29, 0.717) is 5.75 Å². The molecule has 0 atom stereocenters. The molecule has 1 saturated heterocycles. The number of hydrogen-bond donors (Lipinski definition) is 0. The first-order valence-corrected chi connectivity index (χ1v) is 7.30. The second kappa shape index (κ2) is 5.20. The lowest BCUT2D eigenvalue weighted by Gasteiger charge is -2.32. The zero-order valence-corrected chi connectivity index (χ0v) is 12.6. The lowest BCUT2D eigenvalue weighted by molar-refractivity contribution is 0.00578. The molecular weight excluding hydrogens is 257 g/mol. The molecule has 1 aliphatic rings. The Bertz CT molecular complexity index is 477. The van der Waals surface area contributed by atoms with Gasteiger partial charge in [0.25, 0.3) is 0 Å². The zero-order chi connectivity index (χ0) is 14.1. The van der Waals surface area contributed by atoms with Crippen LogP contribution in [0.15, 0.2) is 29.2 Å². The van der Waals surface area contributed by atoms with E-state index in [9.17, 15) is 0 Å². The van der Waals surface area contributed by atoms with Crippen LogP contribution in [-0.2, 0) is 9.31 Å². The summed E-state index contributed by atoms with van der Waals surface area (Å²) in [5.41, 5.74) is 0.387. The van der Waals surface area contributed by atoms with E-state index in [2.05, 4.69) is 6.07 Å². The lowest BCUT2D eigenvalue weighted by atomic mass is 9.79. The summed E-state index contributed by atoms with van der Waals surface area (Å²) in [4.78, 5) is 1.09. The van der Waals surface area contributed by atoms with Crippen LogP contribution in [0.5, 0.6) is 0 Å². The molecule has 1 aliphatic heterocycles. The highest BCUT2D eigenvalue weighted by Crippen LogP contribution is 2.36. The van der Waals surface area contributed by atoms with Gasteiger partial charge in [-0.05, 0) is 45.3 Å². The van der Waals surface area contributed by atoms with E-state index in [1.54, 1.807) is 0 Å². The molecule has 2 rings (SSSR count). The summed E-state index contributed by atoms with van der Waals surface area (Å²) in [7, 11) is -0.319. The van der Waals surface area contributed by atoms with Crippen LogP contribution >= 0.6 is 11.8 Å². The van der Waals surface area contributed by atoms with E-state index in [4.69, 9.17) is 14.6 Å². The van der Waals surface area contributed by atoms with Gasteiger partial charge < -0.3 is 9.31 Å². The van der Waals surface area contributed by atoms with E-state index < -0.39 is 0 Å². The first-order valence-electron chi connectivity index (χ1n) is 6.31. The van der Waals surface area contributed by atoms with Crippen molar-refractivity contribution < 1.29 is 9.31 Å². The third kappa shape index (κ3) is 2.97. The van der Waals surface area contributed by atoms with Gasteiger partial charge in [-0.25, -0.2) is 0 Å². The molecule has 3 nitrogen and oxygen atoms in total. The van der Waals surface area contributed by atoms with Crippen molar-refractivity contribution in [2.24, 2.45) is 0 Å². The zero-order valence-electron chi connectivity index (χ0n) is 11.8. The third-order valence-corrected chi connectivity index (χ3v) is 4.59. The average Bonchev–Trinajstić information content (AvgIpc) is 2.56. The smallest absolute Gasteiger partial charge is 0.399 e. The summed E-state index contributed by atoms with van der Waals surface area (Å²) in [5.74, 6) is 0.468. The van der Waals surface area contributed by atoms with Crippen LogP contribution in [0.1, 0.15) is 27.7 Å². The lowest BCUT2D eigenvalue weighted by Crippen LogP contribution is -2.41. The Labute approximate surface area is 119 Å². The van der Waals surface area contributed by atoms with Crippen molar-refractivity contribution in [3.8, 4) is 6.07 Å². The maximum absolute atomic E-state index is 8.56. The summed E-state index contributed by atoms with van der Waals surface area (Å²) >= 11 is 1.53. The number of nitrogens with zero attached hydrogens (tertiary/aromatic N) is 1. The molecule has 1 aromatic rings. The van der Waals surface area contributed by atoms with Crippen molar-refractivity contribution in [2.45, 2.75) is 43.8 Å². The number of thioether (sulfide) groups is 1. The van der Waals surface area contributed by atoms with Gasteiger partial charge in [-0.3, -0.25) is 0 Å². The quantitative estimate of drug-likeness (QED) is 0.628. The van der Waals surface area contributed by atoms with Crippen LogP contribution in [-0.4, -0.2) is 24.1 Å². The minimum atomic E-state index is -0.319. The standard InChI is InChI=1S/C14H18BNO2S/c1-13(2)14(3,4)18-15(17-13)11-5-7-12(8-6-11)19-10-9-16/h5-8H,10H2,1-4H3. The molecule has 1 heterocycles. The topological polar surface area (TPSA) is 42.2 Å². The van der Waals surface area contributed by atoms with Crippen LogP contribution in [0.3, 0.4) is 0 Å². The second-order valence-electron chi connectivity index (χ2n) is 5.60. The summed E-state index contributed by atoms with van der Waals surface area (Å²) in [5, 5.41) is 8.56. The summed E-state index contributed by atoms with van der Waals surface area (Å²) in [6.07, 6.45) is 0. The molecule has 0 unspecified atom stereocenters. The molecule has 0 aromatic heterocycles. The SMILES string of the molecule is CC1(C)OB(c2ccc(SCC#N)cc2)OC1(C)C. The Kier molecular flexibility index (Phi) is 3.96. The molecule has 1 fully saturated rings. The van der Waals surface area contributed by atoms with Crippen molar-refractivity contribution in [1.82, 2.24) is 0 Å². The van der Waals surface area contributed by atoms with Crippen molar-refractivity contribution in [3.63, 3.8) is 0 Å². The van der Waals surface area contributed by atoms with Gasteiger partial charge in [0, 0.05) is 4.90 Å². The van der Waals surface area contributed by atoms with Gasteiger partial charge in [0.1, 0.15) is 0 Å². The van der Waals surface area contributed by atoms with Crippen molar-refractivity contribution in [1.29, 1.82) is 5.26 Å². The van der Waals surface area contributed by atoms with E-state index in [1.165, 1.54) is 11.8 Å². The van der Waals surface area contributed by atoms with Crippen LogP contribution in [0.25, 0.3) is 0 Å². The molecular formula is C14H18BNO2S. The molecule has 0 N–H and O–H groups in total. The Morgan fingerprint density at radius 3 is 2.11 bits per heavy atom. The Morgan fingerprint density at radius 1 is 1.11 bits per heavy atom. The minimum absolute atomic E-state index is 0.314. The van der Waals surface area contributed by atoms with E-state index in [-0.39, 0.29) is 18.3 Å². The molecule has 19 heavy (non-hydrogen) atoms. The van der Waals surface area contributed by atoms with Gasteiger partial charge in [-0.15, -0.1) is 11.8 Å². The van der Waals surface area contributed by atoms with Gasteiger partial charge in [0.05, 0.1) is 23.0 Å². The number of benzene rings is 1. The fraction of sp³-hybridized carbons (Fsp3) is 0.500. The van der Waals surface area contributed by atoms with Gasteiger partial charge >= 0.3 is 7.12 Å². The average molecular weight is 275 g/mol. The summed E-state index contributed by atoms with van der Waals surface area (Å²) in [6, 6.07) is 10.1. The van der Waals surface area contributed by atoms with Crippen LogP contribution in [0.2, 0.25) is 0 Å². The normalized spacial score (nSPS) is 20.3. The van der Waals surface area contributed by atoms with Crippen molar-refractivity contribution >= 4 is 24.3 Å². The van der Waals surface area contributed by atoms with E-state index in [0.717, 1.165) is 10.4 Å². The number of hydrogen-bond acceptors (Lipinski definition) is 4. The molecule has 100 valence electrons. The van der Waals surface area contributed by atoms with Gasteiger partial charge in [-0.2, -0.15) is 5.26 Å². The molecule has 1 aromatic carbocycles. The maximum atomic E-state index is 8.56. The number of nitriles is 1. The predicted octanol–water partition coefficient (Wildman–Crippen LogP) is 2.60. The first kappa shape index (κ1) is 14.5. The molecule has 5 heteroatoms. The number of rotatable bonds is 3. The van der Waals surface area contributed by atoms with Gasteiger partial charge in [-0.1, -0.05) is 12.1 Å². The Morgan fingerprint density at radius 2 is 1.63 bits per heavy atom. The summed E-state index contributed by atoms with van der Waals surface area (Å²) < 4.78 is 12.0. The van der Waals surface area contributed by atoms with E-state index in [1.807, 2.05) is 52.0 Å². The molecule has 0 amide bonds. The van der Waals surface area contributed by atoms with Crippen LogP contribution in [0.4, 0.5) is 0 Å². The molecule has 0 radical (unpaired) electrons. The Balaban J connectivity index is 2.10. The van der Waals surface area contributed by atoms with Gasteiger partial charge in [0.15, 0.2) is 0 Å². The van der Waals surface area contributed by atoms with Crippen LogP contribution in [0, 0.1) is 11.3 Å². The highest BCUT2D eigenvalue weighted by molar-refractivity contribution is 7.99. The van der Waals surface area contributed by atoms with E-state index >= 15 is 0 Å². The fourth-order valence-corrected chi connectivity index (χ4v) is 2.38. The predicted molar refractivity (Wildman–Crippen MR) is 78.5 cm³/mol. The molecule has 0 aliphatic carbocycles. The fourth-order valence-electron chi connectivity index (χ4n) is 1.82. The monoisotopic (exact) mass is 275 g/mol. The van der Waals surface area contributed by atoms with Crippen molar-refractivity contribution in [2.75, 3.05) is 5.75 Å². The molecule has 0 spiro atoms.